The molecule has 0 aliphatic heterocycles. The summed E-state index contributed by atoms with van der Waals surface area (Å²) >= 11 is 6.32. The van der Waals surface area contributed by atoms with Crippen LogP contribution in [-0.2, 0) is 32.6 Å². The minimum atomic E-state index is -4.17. The van der Waals surface area contributed by atoms with Crippen molar-refractivity contribution < 1.29 is 18.0 Å². The van der Waals surface area contributed by atoms with Crippen LogP contribution in [0.3, 0.4) is 0 Å². The van der Waals surface area contributed by atoms with Crippen LogP contribution in [0.4, 0.5) is 5.69 Å². The molecule has 0 saturated carbocycles. The zero-order chi connectivity index (χ0) is 32.6. The van der Waals surface area contributed by atoms with Gasteiger partial charge in [-0.3, -0.25) is 13.9 Å². The smallest absolute Gasteiger partial charge is 0.264 e. The minimum Gasteiger partial charge on any atom is -0.352 e. The van der Waals surface area contributed by atoms with Gasteiger partial charge in [-0.15, -0.1) is 0 Å². The standard InChI is InChI=1S/C36H40ClN3O4S/c1-5-28(4)38-36(42)34(23-29-13-8-6-9-14-29)39(24-30-15-12-16-31(37)22-30)35(41)25-40(33-21-26(2)19-20-27(33)3)45(43,44)32-17-10-7-11-18-32/h6-22,28,34H,5,23-25H2,1-4H3,(H,38,42)/t28-,34+/m0/s1. The first-order valence-corrected chi connectivity index (χ1v) is 16.8. The summed E-state index contributed by atoms with van der Waals surface area (Å²) in [5.41, 5.74) is 3.54. The Morgan fingerprint density at radius 1 is 0.844 bits per heavy atom. The third kappa shape index (κ3) is 8.74. The van der Waals surface area contributed by atoms with E-state index in [0.29, 0.717) is 22.7 Å². The van der Waals surface area contributed by atoms with E-state index >= 15 is 0 Å². The maximum Gasteiger partial charge on any atom is 0.264 e. The molecule has 0 fully saturated rings. The molecule has 0 heterocycles. The SMILES string of the molecule is CC[C@H](C)NC(=O)[C@@H](Cc1ccccc1)N(Cc1cccc(Cl)c1)C(=O)CN(c1cc(C)ccc1C)S(=O)(=O)c1ccccc1. The van der Waals surface area contributed by atoms with Gasteiger partial charge in [-0.2, -0.15) is 0 Å². The van der Waals surface area contributed by atoms with E-state index in [1.807, 2.05) is 76.2 Å². The first-order chi connectivity index (χ1) is 21.5. The number of carbonyl (C=O) groups excluding carboxylic acids is 2. The molecule has 0 aliphatic carbocycles. The van der Waals surface area contributed by atoms with Crippen molar-refractivity contribution >= 4 is 39.1 Å². The fourth-order valence-corrected chi connectivity index (χ4v) is 6.75. The molecule has 4 rings (SSSR count). The lowest BCUT2D eigenvalue weighted by molar-refractivity contribution is -0.140. The van der Waals surface area contributed by atoms with Crippen molar-refractivity contribution in [2.24, 2.45) is 0 Å². The fraction of sp³-hybridized carbons (Fsp3) is 0.278. The van der Waals surface area contributed by atoms with Crippen LogP contribution in [-0.4, -0.2) is 43.8 Å². The third-order valence-electron chi connectivity index (χ3n) is 7.76. The van der Waals surface area contributed by atoms with Gasteiger partial charge in [-0.25, -0.2) is 8.42 Å². The average molecular weight is 646 g/mol. The monoisotopic (exact) mass is 645 g/mol. The van der Waals surface area contributed by atoms with Crippen molar-refractivity contribution in [3.05, 3.63) is 130 Å². The van der Waals surface area contributed by atoms with Gasteiger partial charge in [0.2, 0.25) is 11.8 Å². The van der Waals surface area contributed by atoms with Crippen LogP contribution >= 0.6 is 11.6 Å². The highest BCUT2D eigenvalue weighted by Crippen LogP contribution is 2.29. The van der Waals surface area contributed by atoms with Crippen LogP contribution in [0.1, 0.15) is 42.5 Å². The topological polar surface area (TPSA) is 86.8 Å². The fourth-order valence-electron chi connectivity index (χ4n) is 5.05. The molecule has 0 radical (unpaired) electrons. The summed E-state index contributed by atoms with van der Waals surface area (Å²) in [6.45, 7) is 7.12. The lowest BCUT2D eigenvalue weighted by Gasteiger charge is -2.34. The van der Waals surface area contributed by atoms with E-state index in [0.717, 1.165) is 21.0 Å². The summed E-state index contributed by atoms with van der Waals surface area (Å²) in [6, 6.07) is 29.1. The quantitative estimate of drug-likeness (QED) is 0.175. The van der Waals surface area contributed by atoms with Crippen molar-refractivity contribution in [2.75, 3.05) is 10.8 Å². The van der Waals surface area contributed by atoms with Crippen molar-refractivity contribution in [1.82, 2.24) is 10.2 Å². The van der Waals surface area contributed by atoms with Gasteiger partial charge in [0.15, 0.2) is 0 Å². The van der Waals surface area contributed by atoms with Crippen molar-refractivity contribution in [1.29, 1.82) is 0 Å². The number of carbonyl (C=O) groups is 2. The molecule has 2 amide bonds. The summed E-state index contributed by atoms with van der Waals surface area (Å²) in [5.74, 6) is -0.830. The Kier molecular flexibility index (Phi) is 11.4. The Bertz CT molecular complexity index is 1720. The molecule has 2 atom stereocenters. The Hall–Kier alpha value is -4.14. The van der Waals surface area contributed by atoms with Gasteiger partial charge in [0, 0.05) is 24.0 Å². The number of anilines is 1. The van der Waals surface area contributed by atoms with Gasteiger partial charge < -0.3 is 10.2 Å². The molecule has 236 valence electrons. The molecule has 0 bridgehead atoms. The average Bonchev–Trinajstić information content (AvgIpc) is 3.03. The Morgan fingerprint density at radius 2 is 1.49 bits per heavy atom. The molecule has 7 nitrogen and oxygen atoms in total. The van der Waals surface area contributed by atoms with Crippen LogP contribution in [0.25, 0.3) is 0 Å². The van der Waals surface area contributed by atoms with Crippen LogP contribution in [0.5, 0.6) is 0 Å². The molecule has 0 aliphatic rings. The summed E-state index contributed by atoms with van der Waals surface area (Å²) in [6.07, 6.45) is 0.950. The molecule has 45 heavy (non-hydrogen) atoms. The zero-order valence-corrected chi connectivity index (χ0v) is 27.7. The van der Waals surface area contributed by atoms with Gasteiger partial charge >= 0.3 is 0 Å². The molecule has 0 aromatic heterocycles. The van der Waals surface area contributed by atoms with Crippen LogP contribution in [0.2, 0.25) is 5.02 Å². The Morgan fingerprint density at radius 3 is 2.13 bits per heavy atom. The number of nitrogens with one attached hydrogen (secondary N) is 1. The van der Waals surface area contributed by atoms with Gasteiger partial charge in [0.25, 0.3) is 10.0 Å². The van der Waals surface area contributed by atoms with E-state index in [-0.39, 0.29) is 29.8 Å². The number of hydrogen-bond acceptors (Lipinski definition) is 4. The predicted octanol–water partition coefficient (Wildman–Crippen LogP) is 6.71. The number of hydrogen-bond donors (Lipinski definition) is 1. The van der Waals surface area contributed by atoms with E-state index < -0.39 is 28.5 Å². The second-order valence-electron chi connectivity index (χ2n) is 11.3. The first kappa shape index (κ1) is 33.7. The number of rotatable bonds is 13. The van der Waals surface area contributed by atoms with Crippen molar-refractivity contribution in [2.45, 2.75) is 64.1 Å². The molecule has 4 aromatic rings. The second-order valence-corrected chi connectivity index (χ2v) is 13.6. The van der Waals surface area contributed by atoms with E-state index in [9.17, 15) is 18.0 Å². The normalized spacial score (nSPS) is 12.6. The zero-order valence-electron chi connectivity index (χ0n) is 26.1. The van der Waals surface area contributed by atoms with Crippen LogP contribution in [0, 0.1) is 13.8 Å². The number of sulfonamides is 1. The van der Waals surface area contributed by atoms with E-state index in [1.54, 1.807) is 42.5 Å². The maximum atomic E-state index is 14.6. The lowest BCUT2D eigenvalue weighted by atomic mass is 10.0. The molecule has 0 saturated heterocycles. The van der Waals surface area contributed by atoms with Crippen molar-refractivity contribution in [3.63, 3.8) is 0 Å². The van der Waals surface area contributed by atoms with Gasteiger partial charge in [-0.1, -0.05) is 91.3 Å². The molecule has 9 heteroatoms. The summed E-state index contributed by atoms with van der Waals surface area (Å²) in [7, 11) is -4.17. The summed E-state index contributed by atoms with van der Waals surface area (Å²) in [5, 5.41) is 3.54. The number of halogens is 1. The largest absolute Gasteiger partial charge is 0.352 e. The van der Waals surface area contributed by atoms with Gasteiger partial charge in [0.1, 0.15) is 12.6 Å². The van der Waals surface area contributed by atoms with E-state index in [1.165, 1.54) is 17.0 Å². The summed E-state index contributed by atoms with van der Waals surface area (Å²) in [4.78, 5) is 30.1. The summed E-state index contributed by atoms with van der Waals surface area (Å²) < 4.78 is 29.5. The lowest BCUT2D eigenvalue weighted by Crippen LogP contribution is -2.54. The Balaban J connectivity index is 1.83. The second kappa shape index (κ2) is 15.2. The molecular weight excluding hydrogens is 606 g/mol. The van der Waals surface area contributed by atoms with E-state index in [2.05, 4.69) is 5.32 Å². The Labute approximate surface area is 271 Å². The molecular formula is C36H40ClN3O4S. The highest BCUT2D eigenvalue weighted by atomic mass is 35.5. The molecule has 0 unspecified atom stereocenters. The van der Waals surface area contributed by atoms with E-state index in [4.69, 9.17) is 11.6 Å². The number of nitrogens with zero attached hydrogens (tertiary/aromatic N) is 2. The number of benzene rings is 4. The minimum absolute atomic E-state index is 0.0524. The van der Waals surface area contributed by atoms with Crippen molar-refractivity contribution in [3.8, 4) is 0 Å². The van der Waals surface area contributed by atoms with Gasteiger partial charge in [0.05, 0.1) is 10.6 Å². The predicted molar refractivity (Wildman–Crippen MR) is 181 cm³/mol. The number of amides is 2. The number of aryl methyl sites for hydroxylation is 2. The first-order valence-electron chi connectivity index (χ1n) is 15.0. The molecule has 1 N–H and O–H groups in total. The highest BCUT2D eigenvalue weighted by molar-refractivity contribution is 7.92. The molecule has 0 spiro atoms. The van der Waals surface area contributed by atoms with Crippen LogP contribution < -0.4 is 9.62 Å². The third-order valence-corrected chi connectivity index (χ3v) is 9.77. The molecule has 4 aromatic carbocycles. The van der Waals surface area contributed by atoms with Crippen LogP contribution in [0.15, 0.2) is 108 Å². The maximum absolute atomic E-state index is 14.6. The van der Waals surface area contributed by atoms with Gasteiger partial charge in [-0.05, 0) is 79.8 Å². The highest BCUT2D eigenvalue weighted by Gasteiger charge is 2.35.